The van der Waals surface area contributed by atoms with Crippen molar-refractivity contribution in [3.63, 3.8) is 0 Å². The fraction of sp³-hybridized carbons (Fsp3) is 0.400. The highest BCUT2D eigenvalue weighted by molar-refractivity contribution is 6.18. The molecule has 1 N–H and O–H groups in total. The molecule has 0 aliphatic rings. The summed E-state index contributed by atoms with van der Waals surface area (Å²) in [4.78, 5) is 8.18. The first-order valence-corrected chi connectivity index (χ1v) is 3.54. The standard InChI is InChI=1S/C5H7ClN4O/c6-1-2-7-5-8-3-4-9-10(5)11/h3-4,11H,1-2H2. The lowest BCUT2D eigenvalue weighted by Crippen LogP contribution is -2.24. The fourth-order valence-electron chi connectivity index (χ4n) is 0.543. The SMILES string of the molecule is On1nccnc1=NCCCl. The van der Waals surface area contributed by atoms with Gasteiger partial charge in [0.25, 0.3) is 5.62 Å². The number of hydrogen-bond acceptors (Lipinski definition) is 4. The second-order valence-electron chi connectivity index (χ2n) is 1.70. The van der Waals surface area contributed by atoms with Crippen LogP contribution in [0.25, 0.3) is 0 Å². The Morgan fingerprint density at radius 1 is 1.64 bits per heavy atom. The van der Waals surface area contributed by atoms with Crippen molar-refractivity contribution in [2.24, 2.45) is 4.99 Å². The summed E-state index contributed by atoms with van der Waals surface area (Å²) in [6.07, 6.45) is 2.81. The van der Waals surface area contributed by atoms with E-state index in [2.05, 4.69) is 15.1 Å². The van der Waals surface area contributed by atoms with Gasteiger partial charge in [-0.05, 0) is 0 Å². The summed E-state index contributed by atoms with van der Waals surface area (Å²) in [7, 11) is 0. The Bertz CT molecular complexity index is 284. The Hall–Kier alpha value is -1.10. The molecule has 0 aliphatic carbocycles. The normalized spacial score (nSPS) is 11.9. The van der Waals surface area contributed by atoms with Gasteiger partial charge in [-0.2, -0.15) is 0 Å². The van der Waals surface area contributed by atoms with Crippen LogP contribution in [-0.4, -0.2) is 32.6 Å². The Morgan fingerprint density at radius 3 is 3.09 bits per heavy atom. The average Bonchev–Trinajstić information content (AvgIpc) is 2.03. The number of alkyl halides is 1. The van der Waals surface area contributed by atoms with E-state index in [1.165, 1.54) is 12.4 Å². The predicted molar refractivity (Wildman–Crippen MR) is 38.4 cm³/mol. The van der Waals surface area contributed by atoms with Crippen molar-refractivity contribution >= 4 is 11.6 Å². The number of aromatic nitrogens is 3. The smallest absolute Gasteiger partial charge is 0.279 e. The van der Waals surface area contributed by atoms with Crippen LogP contribution in [0.4, 0.5) is 0 Å². The fourth-order valence-corrected chi connectivity index (χ4v) is 0.627. The van der Waals surface area contributed by atoms with E-state index in [0.29, 0.717) is 17.3 Å². The average molecular weight is 175 g/mol. The van der Waals surface area contributed by atoms with Crippen LogP contribution < -0.4 is 5.62 Å². The molecule has 0 amide bonds. The molecule has 0 atom stereocenters. The van der Waals surface area contributed by atoms with Crippen LogP contribution in [0.3, 0.4) is 0 Å². The monoisotopic (exact) mass is 174 g/mol. The molecule has 11 heavy (non-hydrogen) atoms. The lowest BCUT2D eigenvalue weighted by atomic mass is 10.8. The molecule has 5 nitrogen and oxygen atoms in total. The first kappa shape index (κ1) is 8.00. The van der Waals surface area contributed by atoms with Crippen LogP contribution in [0, 0.1) is 0 Å². The van der Waals surface area contributed by atoms with Crippen LogP contribution in [0.5, 0.6) is 0 Å². The number of nitrogens with zero attached hydrogens (tertiary/aromatic N) is 4. The van der Waals surface area contributed by atoms with Crippen LogP contribution in [-0.2, 0) is 0 Å². The maximum absolute atomic E-state index is 8.94. The molecule has 0 spiro atoms. The van der Waals surface area contributed by atoms with Gasteiger partial charge < -0.3 is 5.21 Å². The van der Waals surface area contributed by atoms with E-state index in [1.54, 1.807) is 0 Å². The molecule has 1 rings (SSSR count). The summed E-state index contributed by atoms with van der Waals surface area (Å²) in [6, 6.07) is 0. The third-order valence-corrected chi connectivity index (χ3v) is 1.12. The number of hydrogen-bond donors (Lipinski definition) is 1. The van der Waals surface area contributed by atoms with Gasteiger partial charge in [-0.15, -0.1) is 16.7 Å². The highest BCUT2D eigenvalue weighted by Crippen LogP contribution is 1.73. The highest BCUT2D eigenvalue weighted by Gasteiger charge is 1.87. The third-order valence-electron chi connectivity index (χ3n) is 0.949. The van der Waals surface area contributed by atoms with E-state index in [1.807, 2.05) is 0 Å². The van der Waals surface area contributed by atoms with Gasteiger partial charge in [0, 0.05) is 5.88 Å². The Balaban J connectivity index is 2.93. The minimum atomic E-state index is 0.160. The van der Waals surface area contributed by atoms with Gasteiger partial charge in [0.1, 0.15) is 0 Å². The summed E-state index contributed by atoms with van der Waals surface area (Å²) >= 11 is 5.37. The minimum absolute atomic E-state index is 0.160. The highest BCUT2D eigenvalue weighted by atomic mass is 35.5. The number of halogens is 1. The van der Waals surface area contributed by atoms with Crippen LogP contribution in [0.15, 0.2) is 17.4 Å². The zero-order chi connectivity index (χ0) is 8.10. The Kier molecular flexibility index (Phi) is 2.85. The molecule has 1 aromatic heterocycles. The minimum Gasteiger partial charge on any atom is -0.409 e. The van der Waals surface area contributed by atoms with Gasteiger partial charge in [-0.3, -0.25) is 0 Å². The van der Waals surface area contributed by atoms with Crippen LogP contribution in [0.2, 0.25) is 0 Å². The predicted octanol–water partition coefficient (Wildman–Crippen LogP) is -0.345. The van der Waals surface area contributed by atoms with Crippen LogP contribution in [0.1, 0.15) is 0 Å². The third kappa shape index (κ3) is 2.19. The van der Waals surface area contributed by atoms with Gasteiger partial charge in [0.2, 0.25) is 0 Å². The van der Waals surface area contributed by atoms with Crippen molar-refractivity contribution < 1.29 is 5.21 Å². The molecule has 1 heterocycles. The van der Waals surface area contributed by atoms with Gasteiger partial charge in [-0.1, -0.05) is 4.85 Å². The summed E-state index contributed by atoms with van der Waals surface area (Å²) in [5, 5.41) is 12.4. The Morgan fingerprint density at radius 2 is 2.45 bits per heavy atom. The van der Waals surface area contributed by atoms with Gasteiger partial charge >= 0.3 is 0 Å². The second-order valence-corrected chi connectivity index (χ2v) is 2.08. The first-order valence-electron chi connectivity index (χ1n) is 3.00. The molecule has 0 bridgehead atoms. The topological polar surface area (TPSA) is 63.3 Å². The van der Waals surface area contributed by atoms with Gasteiger partial charge in [0.15, 0.2) is 0 Å². The van der Waals surface area contributed by atoms with Gasteiger partial charge in [-0.25, -0.2) is 9.98 Å². The van der Waals surface area contributed by atoms with E-state index < -0.39 is 0 Å². The first-order chi connectivity index (χ1) is 5.34. The molecule has 0 aromatic carbocycles. The van der Waals surface area contributed by atoms with E-state index in [0.717, 1.165) is 0 Å². The zero-order valence-electron chi connectivity index (χ0n) is 5.68. The molecule has 0 unspecified atom stereocenters. The van der Waals surface area contributed by atoms with E-state index >= 15 is 0 Å². The molecular formula is C5H7ClN4O. The zero-order valence-corrected chi connectivity index (χ0v) is 6.44. The quantitative estimate of drug-likeness (QED) is 0.493. The van der Waals surface area contributed by atoms with Crippen LogP contribution >= 0.6 is 11.6 Å². The summed E-state index contributed by atoms with van der Waals surface area (Å²) in [5.74, 6) is 0.399. The van der Waals surface area contributed by atoms with Crippen molar-refractivity contribution in [1.29, 1.82) is 0 Å². The summed E-state index contributed by atoms with van der Waals surface area (Å²) in [5.41, 5.74) is 0.160. The largest absolute Gasteiger partial charge is 0.409 e. The lowest BCUT2D eigenvalue weighted by molar-refractivity contribution is 0.125. The molecule has 0 saturated heterocycles. The number of rotatable bonds is 2. The maximum Gasteiger partial charge on any atom is 0.279 e. The molecular weight excluding hydrogens is 168 g/mol. The van der Waals surface area contributed by atoms with Gasteiger partial charge in [0.05, 0.1) is 18.9 Å². The second kappa shape index (κ2) is 3.92. The van der Waals surface area contributed by atoms with Crippen molar-refractivity contribution in [3.05, 3.63) is 18.0 Å². The molecule has 0 radical (unpaired) electrons. The molecule has 60 valence electrons. The van der Waals surface area contributed by atoms with Crippen molar-refractivity contribution in [2.75, 3.05) is 12.4 Å². The van der Waals surface area contributed by atoms with E-state index in [9.17, 15) is 0 Å². The molecule has 1 aromatic rings. The molecule has 6 heteroatoms. The van der Waals surface area contributed by atoms with Crippen molar-refractivity contribution in [3.8, 4) is 0 Å². The van der Waals surface area contributed by atoms with E-state index in [-0.39, 0.29) is 5.62 Å². The van der Waals surface area contributed by atoms with Crippen molar-refractivity contribution in [1.82, 2.24) is 14.9 Å². The molecule has 0 aliphatic heterocycles. The maximum atomic E-state index is 8.94. The Labute approximate surface area is 67.9 Å². The molecule has 0 fully saturated rings. The van der Waals surface area contributed by atoms with E-state index in [4.69, 9.17) is 16.8 Å². The molecule has 0 saturated carbocycles. The summed E-state index contributed by atoms with van der Waals surface area (Å²) < 4.78 is 0. The lowest BCUT2D eigenvalue weighted by Gasteiger charge is -1.92. The van der Waals surface area contributed by atoms with Crippen molar-refractivity contribution in [2.45, 2.75) is 0 Å². The summed E-state index contributed by atoms with van der Waals surface area (Å²) in [6.45, 7) is 0.417.